The maximum atomic E-state index is 12.9. The zero-order chi connectivity index (χ0) is 65.5. The van der Waals surface area contributed by atoms with E-state index in [9.17, 15) is 24.0 Å². The Bertz CT molecular complexity index is 3070. The third-order valence-corrected chi connectivity index (χ3v) is 19.6. The Balaban J connectivity index is 0.000000178. The van der Waals surface area contributed by atoms with Crippen molar-refractivity contribution < 1.29 is 42.9 Å². The van der Waals surface area contributed by atoms with E-state index >= 15 is 0 Å². The number of carbonyl (C=O) groups is 5. The first-order valence-corrected chi connectivity index (χ1v) is 33.8. The molecule has 2 amide bonds. The van der Waals surface area contributed by atoms with Crippen LogP contribution in [0, 0.1) is 20.8 Å². The van der Waals surface area contributed by atoms with Crippen LogP contribution in [0.1, 0.15) is 177 Å². The molecule has 3 atom stereocenters. The van der Waals surface area contributed by atoms with Crippen molar-refractivity contribution >= 4 is 58.6 Å². The van der Waals surface area contributed by atoms with Crippen molar-refractivity contribution in [2.24, 2.45) is 0 Å². The van der Waals surface area contributed by atoms with Crippen LogP contribution in [0.15, 0.2) is 60.7 Å². The summed E-state index contributed by atoms with van der Waals surface area (Å²) in [6.07, 6.45) is 14.0. The highest BCUT2D eigenvalue weighted by Crippen LogP contribution is 2.33. The number of halogens is 1. The van der Waals surface area contributed by atoms with E-state index in [0.717, 1.165) is 164 Å². The fourth-order valence-corrected chi connectivity index (χ4v) is 14.5. The number of rotatable bonds is 13. The highest BCUT2D eigenvalue weighted by atomic mass is 35.5. The Kier molecular flexibility index (Phi) is 25.3. The van der Waals surface area contributed by atoms with Crippen LogP contribution in [-0.4, -0.2) is 218 Å². The zero-order valence-corrected chi connectivity index (χ0v) is 57.1. The van der Waals surface area contributed by atoms with E-state index < -0.39 is 17.5 Å². The molecule has 0 N–H and O–H groups in total. The number of pyridine rings is 3. The van der Waals surface area contributed by atoms with Gasteiger partial charge in [-0.2, -0.15) is 0 Å². The van der Waals surface area contributed by atoms with E-state index in [-0.39, 0.29) is 18.0 Å². The third kappa shape index (κ3) is 18.2. The Hall–Kier alpha value is -6.61. The van der Waals surface area contributed by atoms with Crippen LogP contribution >= 0.6 is 11.6 Å². The number of piperazine rings is 3. The van der Waals surface area contributed by atoms with E-state index in [4.69, 9.17) is 30.5 Å². The summed E-state index contributed by atoms with van der Waals surface area (Å²) in [6, 6.07) is 21.7. The van der Waals surface area contributed by atoms with Crippen LogP contribution in [0.4, 0.5) is 21.9 Å². The maximum absolute atomic E-state index is 12.9. The molecule has 6 aliphatic rings. The van der Waals surface area contributed by atoms with E-state index in [1.165, 1.54) is 59.9 Å². The molecule has 498 valence electrons. The van der Waals surface area contributed by atoms with Crippen LogP contribution in [0.25, 0.3) is 0 Å². The summed E-state index contributed by atoms with van der Waals surface area (Å²) in [6.45, 7) is 30.3. The predicted molar refractivity (Wildman–Crippen MR) is 358 cm³/mol. The van der Waals surface area contributed by atoms with Gasteiger partial charge in [0.05, 0.1) is 55.5 Å². The highest BCUT2D eigenvalue weighted by molar-refractivity contribution is 6.30. The number of nitrogens with zero attached hydrogens (tertiary/aromatic N) is 11. The molecule has 0 bridgehead atoms. The highest BCUT2D eigenvalue weighted by Gasteiger charge is 2.38. The number of carbonyl (C=O) groups excluding carboxylic acids is 5. The van der Waals surface area contributed by atoms with E-state index in [2.05, 4.69) is 65.1 Å². The van der Waals surface area contributed by atoms with Crippen molar-refractivity contribution in [1.29, 1.82) is 0 Å². The molecule has 10 rings (SSSR count). The Labute approximate surface area is 546 Å². The minimum Gasteiger partial charge on any atom is -0.464 e. The standard InChI is InChI=1S/C26H33ClN4O3.C24H38N4O4.C20H31N3O2/c1-4-21-17-30(24-10-9-23(26(33)34-3)28-18(24)2)15-16-31(21)22-11-13-29(14-12-22)25(32)19-5-7-20(27)8-6-19;1-7-18-16-27(21-9-8-20(22(29)31-6)25-17(21)2)14-15-28(18)19-10-12-26(13-11-19)23(30)32-24(3,4)5;1-4-16-14-22(12-13-23(16)17-8-6-5-7-9-17)19-11-10-18(20(24)25-3)21-15(19)2/h5-10,21-22H,4,11-17H2,1-3H3;8-9,18-19H,7,10-16H2,1-6H3;10-11,16-17H,4-9,12-14H2,1-3H3/t21-;18-;16-/m000/s1. The summed E-state index contributed by atoms with van der Waals surface area (Å²) in [4.78, 5) is 92.9. The quantitative estimate of drug-likeness (QED) is 0.0907. The molecule has 1 aromatic carbocycles. The molecule has 0 unspecified atom stereocenters. The fourth-order valence-electron chi connectivity index (χ4n) is 14.4. The number of likely N-dealkylation sites (tertiary alicyclic amines) is 2. The van der Waals surface area contributed by atoms with Gasteiger partial charge in [-0.3, -0.25) is 19.5 Å². The van der Waals surface area contributed by atoms with E-state index in [1.807, 2.05) is 69.5 Å². The molecule has 5 saturated heterocycles. The summed E-state index contributed by atoms with van der Waals surface area (Å²) in [5, 5.41) is 0.644. The number of aryl methyl sites for hydroxylation is 3. The number of amides is 2. The lowest BCUT2D eigenvalue weighted by Gasteiger charge is -2.48. The topological polar surface area (TPSA) is 187 Å². The van der Waals surface area contributed by atoms with Crippen molar-refractivity contribution in [2.45, 2.75) is 181 Å². The lowest BCUT2D eigenvalue weighted by atomic mass is 9.92. The van der Waals surface area contributed by atoms with Gasteiger partial charge in [-0.15, -0.1) is 0 Å². The Morgan fingerprint density at radius 1 is 0.462 bits per heavy atom. The van der Waals surface area contributed by atoms with Gasteiger partial charge in [-0.25, -0.2) is 34.1 Å². The Morgan fingerprint density at radius 3 is 1.12 bits per heavy atom. The minimum atomic E-state index is -0.459. The van der Waals surface area contributed by atoms with Gasteiger partial charge in [0.25, 0.3) is 5.91 Å². The van der Waals surface area contributed by atoms with Crippen LogP contribution in [-0.2, 0) is 18.9 Å². The lowest BCUT2D eigenvalue weighted by Crippen LogP contribution is -2.59. The molecule has 4 aromatic rings. The molecule has 0 spiro atoms. The molecule has 91 heavy (non-hydrogen) atoms. The molecule has 3 aromatic heterocycles. The first-order valence-electron chi connectivity index (χ1n) is 33.4. The molecular formula is C70H102ClN11O9. The Morgan fingerprint density at radius 2 is 0.802 bits per heavy atom. The molecule has 6 fully saturated rings. The van der Waals surface area contributed by atoms with Gasteiger partial charge >= 0.3 is 24.0 Å². The van der Waals surface area contributed by atoms with Gasteiger partial charge in [-0.1, -0.05) is 51.6 Å². The van der Waals surface area contributed by atoms with Gasteiger partial charge in [-0.05, 0) is 160 Å². The van der Waals surface area contributed by atoms with Gasteiger partial charge in [0.1, 0.15) is 22.7 Å². The maximum Gasteiger partial charge on any atom is 0.410 e. The van der Waals surface area contributed by atoms with E-state index in [1.54, 1.807) is 42.5 Å². The second-order valence-corrected chi connectivity index (χ2v) is 26.6. The largest absolute Gasteiger partial charge is 0.464 e. The second-order valence-electron chi connectivity index (χ2n) is 26.1. The number of anilines is 3. The lowest BCUT2D eigenvalue weighted by molar-refractivity contribution is 0.00939. The van der Waals surface area contributed by atoms with Crippen LogP contribution in [0.5, 0.6) is 0 Å². The smallest absolute Gasteiger partial charge is 0.410 e. The fraction of sp³-hybridized carbons (Fsp3) is 0.629. The number of methoxy groups -OCH3 is 3. The molecule has 1 saturated carbocycles. The summed E-state index contributed by atoms with van der Waals surface area (Å²) < 4.78 is 19.9. The monoisotopic (exact) mass is 1280 g/mol. The molecular weight excluding hydrogens is 1170 g/mol. The molecule has 21 heteroatoms. The molecule has 8 heterocycles. The molecule has 1 aliphatic carbocycles. The third-order valence-electron chi connectivity index (χ3n) is 19.3. The second kappa shape index (κ2) is 32.8. The number of esters is 3. The molecule has 20 nitrogen and oxygen atoms in total. The number of piperidine rings is 2. The van der Waals surface area contributed by atoms with Gasteiger partial charge < -0.3 is 43.4 Å². The number of benzene rings is 1. The average Bonchev–Trinajstić information content (AvgIpc) is 1.17. The van der Waals surface area contributed by atoms with Crippen LogP contribution in [0.3, 0.4) is 0 Å². The van der Waals surface area contributed by atoms with Crippen molar-refractivity contribution in [3.05, 3.63) is 105 Å². The first-order chi connectivity index (χ1) is 43.7. The number of hydrogen-bond donors (Lipinski definition) is 0. The number of hydrogen-bond acceptors (Lipinski definition) is 18. The minimum absolute atomic E-state index is 0.0883. The predicted octanol–water partition coefficient (Wildman–Crippen LogP) is 10.9. The van der Waals surface area contributed by atoms with E-state index in [0.29, 0.717) is 57.9 Å². The summed E-state index contributed by atoms with van der Waals surface area (Å²) in [5.74, 6) is -1.10. The SMILES string of the molecule is CC[C@H]1CN(c2ccc(C(=O)OC)nc2C)CCN1C1CCCCC1.CC[C@H]1CN(c2ccc(C(=O)OC)nc2C)CCN1C1CCN(C(=O)OC(C)(C)C)CC1.CC[C@H]1CN(c2ccc(C(=O)OC)nc2C)CCN1C1CCN(C(=O)c2ccc(Cl)cc2)CC1. The molecule has 0 radical (unpaired) electrons. The average molecular weight is 1280 g/mol. The number of aromatic nitrogens is 3. The molecule has 5 aliphatic heterocycles. The first kappa shape index (κ1) is 70.3. The van der Waals surface area contributed by atoms with Gasteiger partial charge in [0.2, 0.25) is 0 Å². The summed E-state index contributed by atoms with van der Waals surface area (Å²) >= 11 is 5.96. The normalized spacial score (nSPS) is 21.0. The number of ether oxygens (including phenoxy) is 4. The van der Waals surface area contributed by atoms with Crippen LogP contribution < -0.4 is 14.7 Å². The van der Waals surface area contributed by atoms with Crippen molar-refractivity contribution in [3.63, 3.8) is 0 Å². The van der Waals surface area contributed by atoms with Gasteiger partial charge in [0.15, 0.2) is 0 Å². The van der Waals surface area contributed by atoms with Crippen molar-refractivity contribution in [3.8, 4) is 0 Å². The van der Waals surface area contributed by atoms with Crippen molar-refractivity contribution in [2.75, 3.05) is 121 Å². The van der Waals surface area contributed by atoms with Crippen LogP contribution in [0.2, 0.25) is 5.02 Å². The van der Waals surface area contributed by atoms with Crippen molar-refractivity contribution in [1.82, 2.24) is 39.5 Å². The summed E-state index contributed by atoms with van der Waals surface area (Å²) in [5.41, 5.74) is 7.22. The van der Waals surface area contributed by atoms with Gasteiger partial charge in [0, 0.05) is 132 Å². The summed E-state index contributed by atoms with van der Waals surface area (Å²) in [7, 11) is 4.14. The zero-order valence-electron chi connectivity index (χ0n) is 56.4.